The first kappa shape index (κ1) is 13.1. The van der Waals surface area contributed by atoms with Crippen LogP contribution in [-0.2, 0) is 10.1 Å². The van der Waals surface area contributed by atoms with Crippen molar-refractivity contribution >= 4 is 10.1 Å². The number of aryl methyl sites for hydroxylation is 1. The number of hydrogen-bond donors (Lipinski definition) is 1. The maximum atomic E-state index is 10.7. The first-order valence-corrected chi connectivity index (χ1v) is 4.81. The summed E-state index contributed by atoms with van der Waals surface area (Å²) in [5.74, 6) is 0. The normalized spacial score (nSPS) is 10.7. The van der Waals surface area contributed by atoms with E-state index in [4.69, 9.17) is 4.55 Å². The van der Waals surface area contributed by atoms with E-state index in [1.807, 2.05) is 0 Å². The summed E-state index contributed by atoms with van der Waals surface area (Å²) >= 11 is 0. The van der Waals surface area contributed by atoms with Crippen molar-refractivity contribution in [2.45, 2.75) is 18.7 Å². The fraction of sp³-hybridized carbons (Fsp3) is 0.250. The minimum absolute atomic E-state index is 0. The zero-order valence-corrected chi connectivity index (χ0v) is 10.6. The average molecular weight is 208 g/mol. The van der Waals surface area contributed by atoms with Crippen molar-refractivity contribution in [3.05, 3.63) is 29.3 Å². The van der Waals surface area contributed by atoms with E-state index in [9.17, 15) is 8.42 Å². The Morgan fingerprint density at radius 3 is 2.23 bits per heavy atom. The van der Waals surface area contributed by atoms with Crippen LogP contribution in [0, 0.1) is 19.9 Å². The molecule has 0 saturated carbocycles. The van der Waals surface area contributed by atoms with Gasteiger partial charge in [0.15, 0.2) is 0 Å². The molecule has 0 aliphatic heterocycles. The van der Waals surface area contributed by atoms with E-state index in [-0.39, 0.29) is 34.5 Å². The Morgan fingerprint density at radius 1 is 1.31 bits per heavy atom. The van der Waals surface area contributed by atoms with Crippen LogP contribution in [0.15, 0.2) is 17.0 Å². The second-order valence-corrected chi connectivity index (χ2v) is 3.99. The summed E-state index contributed by atoms with van der Waals surface area (Å²) in [6.07, 6.45) is 0. The van der Waals surface area contributed by atoms with Gasteiger partial charge in [0.25, 0.3) is 0 Å². The molecule has 1 rings (SSSR count). The molecule has 0 amide bonds. The molecule has 0 saturated heterocycles. The number of benzene rings is 1. The molecule has 1 aromatic carbocycles. The Morgan fingerprint density at radius 2 is 1.85 bits per heavy atom. The summed E-state index contributed by atoms with van der Waals surface area (Å²) in [4.78, 5) is -0.0671. The Balaban J connectivity index is 0.00000144. The number of hydrogen-bond acceptors (Lipinski definition) is 2. The van der Waals surface area contributed by atoms with Crippen molar-refractivity contribution < 1.29 is 42.5 Å². The molecule has 3 nitrogen and oxygen atoms in total. The van der Waals surface area contributed by atoms with Crippen LogP contribution in [0.4, 0.5) is 0 Å². The Labute approximate surface area is 100 Å². The molecule has 0 unspecified atom stereocenters. The maximum Gasteiger partial charge on any atom is 1.00 e. The fourth-order valence-corrected chi connectivity index (χ4v) is 1.69. The van der Waals surface area contributed by atoms with E-state index in [0.717, 1.165) is 5.56 Å². The fourth-order valence-electron chi connectivity index (χ4n) is 0.921. The molecular formula is C8H9NaO3S. The van der Waals surface area contributed by atoms with Gasteiger partial charge in [0.05, 0.1) is 0 Å². The predicted molar refractivity (Wildman–Crippen MR) is 44.6 cm³/mol. The van der Waals surface area contributed by atoms with Crippen LogP contribution in [0.25, 0.3) is 0 Å². The monoisotopic (exact) mass is 208 g/mol. The summed E-state index contributed by atoms with van der Waals surface area (Å²) in [5.41, 5.74) is 1.36. The maximum absolute atomic E-state index is 10.7. The predicted octanol–water partition coefficient (Wildman–Crippen LogP) is -1.65. The summed E-state index contributed by atoms with van der Waals surface area (Å²) in [6.45, 7) is 3.41. The molecule has 0 atom stereocenters. The summed E-state index contributed by atoms with van der Waals surface area (Å²) < 4.78 is 30.2. The van der Waals surface area contributed by atoms with Crippen molar-refractivity contribution in [1.82, 2.24) is 0 Å². The first-order valence-electron chi connectivity index (χ1n) is 3.37. The van der Waals surface area contributed by atoms with E-state index >= 15 is 0 Å². The zero-order chi connectivity index (χ0) is 9.35. The van der Waals surface area contributed by atoms with Gasteiger partial charge in [-0.1, -0.05) is 13.8 Å². The van der Waals surface area contributed by atoms with Crippen LogP contribution >= 0.6 is 0 Å². The third-order valence-corrected chi connectivity index (χ3v) is 2.73. The van der Waals surface area contributed by atoms with E-state index < -0.39 is 10.1 Å². The van der Waals surface area contributed by atoms with Gasteiger partial charge < -0.3 is 0 Å². The largest absolute Gasteiger partial charge is 1.00 e. The van der Waals surface area contributed by atoms with E-state index in [2.05, 4.69) is 6.07 Å². The Kier molecular flexibility index (Phi) is 4.62. The molecule has 0 fully saturated rings. The quantitative estimate of drug-likeness (QED) is 0.342. The van der Waals surface area contributed by atoms with Gasteiger partial charge in [-0.25, -0.2) is 8.42 Å². The van der Waals surface area contributed by atoms with E-state index in [1.54, 1.807) is 19.9 Å². The van der Waals surface area contributed by atoms with Crippen LogP contribution < -0.4 is 29.6 Å². The second-order valence-electron chi connectivity index (χ2n) is 2.60. The van der Waals surface area contributed by atoms with E-state index in [0.29, 0.717) is 5.56 Å². The molecule has 0 aliphatic carbocycles. The smallest absolute Gasteiger partial charge is 0.291 e. The van der Waals surface area contributed by atoms with Crippen molar-refractivity contribution in [3.8, 4) is 0 Å². The van der Waals surface area contributed by atoms with Crippen LogP contribution in [0.3, 0.4) is 0 Å². The minimum Gasteiger partial charge on any atom is -0.291 e. The molecule has 0 heterocycles. The van der Waals surface area contributed by atoms with Gasteiger partial charge in [0.2, 0.25) is 10.1 Å². The van der Waals surface area contributed by atoms with Gasteiger partial charge in [-0.2, -0.15) is 23.8 Å². The van der Waals surface area contributed by atoms with Crippen LogP contribution in [-0.4, -0.2) is 13.0 Å². The molecule has 0 aliphatic rings. The van der Waals surface area contributed by atoms with Crippen LogP contribution in [0.5, 0.6) is 0 Å². The van der Waals surface area contributed by atoms with Gasteiger partial charge in [-0.3, -0.25) is 4.55 Å². The standard InChI is InChI=1S/C8H9O3S.Na/c1-6-4-3-5-8(7(6)2)12(9,10)11;/h4-5H,1-2H3,(H,9,10,11);/q-1;+1. The minimum atomic E-state index is -4.09. The van der Waals surface area contributed by atoms with Gasteiger partial charge in [-0.15, -0.1) is 5.56 Å². The molecule has 1 aromatic rings. The van der Waals surface area contributed by atoms with Crippen molar-refractivity contribution in [3.63, 3.8) is 0 Å². The van der Waals surface area contributed by atoms with E-state index in [1.165, 1.54) is 6.07 Å². The molecule has 13 heavy (non-hydrogen) atoms. The zero-order valence-electron chi connectivity index (χ0n) is 7.83. The van der Waals surface area contributed by atoms with Gasteiger partial charge >= 0.3 is 29.6 Å². The van der Waals surface area contributed by atoms with Crippen molar-refractivity contribution in [2.24, 2.45) is 0 Å². The molecule has 0 aromatic heterocycles. The van der Waals surface area contributed by atoms with Crippen molar-refractivity contribution in [2.75, 3.05) is 0 Å². The van der Waals surface area contributed by atoms with Crippen LogP contribution in [0.2, 0.25) is 0 Å². The van der Waals surface area contributed by atoms with Gasteiger partial charge in [0.1, 0.15) is 0 Å². The topological polar surface area (TPSA) is 54.4 Å². The van der Waals surface area contributed by atoms with Crippen LogP contribution in [0.1, 0.15) is 11.1 Å². The molecule has 5 heteroatoms. The SMILES string of the molecule is Cc1c[c-]cc(S(=O)(=O)O)c1C.[Na+]. The molecule has 1 N–H and O–H groups in total. The molecule has 0 spiro atoms. The summed E-state index contributed by atoms with van der Waals surface area (Å²) in [6, 6.07) is 5.57. The Hall–Kier alpha value is 0.130. The molecule has 0 bridgehead atoms. The third kappa shape index (κ3) is 3.07. The van der Waals surface area contributed by atoms with Gasteiger partial charge in [0, 0.05) is 0 Å². The second kappa shape index (κ2) is 4.57. The first-order chi connectivity index (χ1) is 5.43. The molecule has 0 radical (unpaired) electrons. The van der Waals surface area contributed by atoms with Crippen molar-refractivity contribution in [1.29, 1.82) is 0 Å². The molecule has 66 valence electrons. The van der Waals surface area contributed by atoms with Gasteiger partial charge in [-0.05, 0) is 4.90 Å². The number of rotatable bonds is 1. The summed E-state index contributed by atoms with van der Waals surface area (Å²) in [7, 11) is -4.09. The molecular weight excluding hydrogens is 199 g/mol. The third-order valence-electron chi connectivity index (χ3n) is 1.75. The summed E-state index contributed by atoms with van der Waals surface area (Å²) in [5, 5.41) is 0. The Bertz CT molecular complexity index is 398. The average Bonchev–Trinajstić information content (AvgIpc) is 1.92.